The van der Waals surface area contributed by atoms with E-state index in [2.05, 4.69) is 4.99 Å². The van der Waals surface area contributed by atoms with Crippen LogP contribution in [0, 0.1) is 10.1 Å². The molecule has 2 aromatic heterocycles. The summed E-state index contributed by atoms with van der Waals surface area (Å²) in [5.41, 5.74) is 1.56. The van der Waals surface area contributed by atoms with E-state index in [4.69, 9.17) is 20.8 Å². The largest absolute Gasteiger partial charge is 0.463 e. The number of nitro benzene ring substituents is 1. The summed E-state index contributed by atoms with van der Waals surface area (Å²) in [6.07, 6.45) is 1.59. The molecule has 38 heavy (non-hydrogen) atoms. The van der Waals surface area contributed by atoms with Crippen LogP contribution < -0.4 is 14.9 Å². The molecule has 0 bridgehead atoms. The van der Waals surface area contributed by atoms with E-state index >= 15 is 0 Å². The van der Waals surface area contributed by atoms with Gasteiger partial charge in [0.25, 0.3) is 11.2 Å². The number of fused-ring (bicyclic) bond motifs is 1. The number of halogens is 1. The molecular weight excluding hydrogens is 530 g/mol. The standard InChI is InChI=1S/C27H20ClN3O6S/c1-3-36-26(33)23-15(2)29-27-30(24(23)16-7-9-18(28)10-8-16)25(32)22(38-27)14-20-11-12-21(37-20)17-5-4-6-19(13-17)31(34)35/h4-14,24H,3H2,1-2H3/b22-14-. The summed E-state index contributed by atoms with van der Waals surface area (Å²) in [6.45, 7) is 3.61. The second-order valence-electron chi connectivity index (χ2n) is 8.36. The third-order valence-corrected chi connectivity index (χ3v) is 7.18. The molecule has 1 atom stereocenters. The zero-order valence-electron chi connectivity index (χ0n) is 20.2. The number of ether oxygens (including phenoxy) is 1. The predicted molar refractivity (Wildman–Crippen MR) is 143 cm³/mol. The van der Waals surface area contributed by atoms with E-state index in [9.17, 15) is 19.7 Å². The lowest BCUT2D eigenvalue weighted by atomic mass is 9.96. The topological polar surface area (TPSA) is 117 Å². The predicted octanol–water partition coefficient (Wildman–Crippen LogP) is 4.62. The molecule has 1 unspecified atom stereocenters. The Bertz CT molecular complexity index is 1780. The van der Waals surface area contributed by atoms with Gasteiger partial charge in [-0.25, -0.2) is 9.79 Å². The molecule has 0 amide bonds. The highest BCUT2D eigenvalue weighted by Crippen LogP contribution is 2.31. The number of nitrogens with zero attached hydrogens (tertiary/aromatic N) is 3. The molecule has 192 valence electrons. The van der Waals surface area contributed by atoms with Gasteiger partial charge in [0.2, 0.25) is 0 Å². The molecule has 0 spiro atoms. The second kappa shape index (κ2) is 10.2. The van der Waals surface area contributed by atoms with Gasteiger partial charge in [0.15, 0.2) is 4.80 Å². The van der Waals surface area contributed by atoms with Crippen LogP contribution >= 0.6 is 22.9 Å². The van der Waals surface area contributed by atoms with Crippen molar-refractivity contribution in [3.63, 3.8) is 0 Å². The maximum Gasteiger partial charge on any atom is 0.338 e. The number of nitro groups is 1. The second-order valence-corrected chi connectivity index (χ2v) is 9.81. The number of hydrogen-bond acceptors (Lipinski definition) is 8. The summed E-state index contributed by atoms with van der Waals surface area (Å²) in [6, 6.07) is 15.6. The van der Waals surface area contributed by atoms with Gasteiger partial charge in [0.05, 0.1) is 33.4 Å². The Kier molecular flexibility index (Phi) is 6.83. The van der Waals surface area contributed by atoms with Gasteiger partial charge in [-0.2, -0.15) is 0 Å². The van der Waals surface area contributed by atoms with Crippen LogP contribution in [0.5, 0.6) is 0 Å². The quantitative estimate of drug-likeness (QED) is 0.197. The molecule has 0 fully saturated rings. The van der Waals surface area contributed by atoms with Gasteiger partial charge < -0.3 is 9.15 Å². The van der Waals surface area contributed by atoms with Crippen molar-refractivity contribution in [2.24, 2.45) is 4.99 Å². The Labute approximate surface area is 224 Å². The van der Waals surface area contributed by atoms with Crippen LogP contribution in [0.1, 0.15) is 31.2 Å². The lowest BCUT2D eigenvalue weighted by Gasteiger charge is -2.24. The maximum atomic E-state index is 13.7. The summed E-state index contributed by atoms with van der Waals surface area (Å²) in [5, 5.41) is 11.6. The van der Waals surface area contributed by atoms with E-state index in [-0.39, 0.29) is 23.4 Å². The first kappa shape index (κ1) is 25.4. The van der Waals surface area contributed by atoms with Crippen LogP contribution in [0.2, 0.25) is 5.02 Å². The van der Waals surface area contributed by atoms with Gasteiger partial charge in [0, 0.05) is 28.8 Å². The summed E-state index contributed by atoms with van der Waals surface area (Å²) in [7, 11) is 0. The van der Waals surface area contributed by atoms with Crippen LogP contribution in [-0.4, -0.2) is 22.1 Å². The van der Waals surface area contributed by atoms with Gasteiger partial charge >= 0.3 is 5.97 Å². The number of thiazole rings is 1. The molecule has 4 aromatic rings. The molecule has 1 aliphatic rings. The minimum absolute atomic E-state index is 0.0521. The van der Waals surface area contributed by atoms with Crippen LogP contribution in [0.25, 0.3) is 17.4 Å². The zero-order valence-corrected chi connectivity index (χ0v) is 21.8. The van der Waals surface area contributed by atoms with Crippen molar-refractivity contribution in [2.75, 3.05) is 6.61 Å². The Morgan fingerprint density at radius 1 is 1.24 bits per heavy atom. The van der Waals surface area contributed by atoms with Gasteiger partial charge in [-0.15, -0.1) is 0 Å². The molecule has 9 nitrogen and oxygen atoms in total. The maximum absolute atomic E-state index is 13.7. The number of benzene rings is 2. The average molecular weight is 550 g/mol. The third kappa shape index (κ3) is 4.71. The van der Waals surface area contributed by atoms with Crippen molar-refractivity contribution in [3.8, 4) is 11.3 Å². The van der Waals surface area contributed by atoms with Gasteiger partial charge in [-0.1, -0.05) is 47.2 Å². The molecule has 0 saturated heterocycles. The first-order valence-corrected chi connectivity index (χ1v) is 12.8. The molecular formula is C27H20ClN3O6S. The van der Waals surface area contributed by atoms with E-state index < -0.39 is 16.9 Å². The van der Waals surface area contributed by atoms with Crippen molar-refractivity contribution in [3.05, 3.63) is 118 Å². The summed E-state index contributed by atoms with van der Waals surface area (Å²) in [5.74, 6) is 0.268. The van der Waals surface area contributed by atoms with Crippen molar-refractivity contribution in [1.29, 1.82) is 0 Å². The molecule has 0 N–H and O–H groups in total. The van der Waals surface area contributed by atoms with Crippen LogP contribution in [0.4, 0.5) is 5.69 Å². The molecule has 11 heteroatoms. The van der Waals surface area contributed by atoms with Crippen LogP contribution in [0.15, 0.2) is 86.1 Å². The molecule has 1 aliphatic heterocycles. The molecule has 0 radical (unpaired) electrons. The Balaban J connectivity index is 1.61. The number of carbonyl (C=O) groups excluding carboxylic acids is 1. The van der Waals surface area contributed by atoms with E-state index in [1.165, 1.54) is 28.0 Å². The van der Waals surface area contributed by atoms with E-state index in [1.54, 1.807) is 68.5 Å². The number of hydrogen-bond donors (Lipinski definition) is 0. The van der Waals surface area contributed by atoms with Crippen molar-refractivity contribution in [1.82, 2.24) is 4.57 Å². The summed E-state index contributed by atoms with van der Waals surface area (Å²) < 4.78 is 13.0. The van der Waals surface area contributed by atoms with E-state index in [0.29, 0.717) is 42.7 Å². The number of non-ortho nitro benzene ring substituents is 1. The average Bonchev–Trinajstić information content (AvgIpc) is 3.48. The van der Waals surface area contributed by atoms with Crippen molar-refractivity contribution >= 4 is 40.7 Å². The number of allylic oxidation sites excluding steroid dienone is 1. The normalized spacial score (nSPS) is 15.2. The van der Waals surface area contributed by atoms with Gasteiger partial charge in [-0.3, -0.25) is 19.5 Å². The molecule has 2 aromatic carbocycles. The monoisotopic (exact) mass is 549 g/mol. The lowest BCUT2D eigenvalue weighted by Crippen LogP contribution is -2.39. The number of aromatic nitrogens is 1. The minimum Gasteiger partial charge on any atom is -0.463 e. The van der Waals surface area contributed by atoms with Gasteiger partial charge in [0.1, 0.15) is 11.5 Å². The SMILES string of the molecule is CCOC(=O)C1=C(C)N=c2s/c(=C\c3ccc(-c4cccc([N+](=O)[O-])c4)o3)c(=O)n2C1c1ccc(Cl)cc1. The molecule has 0 saturated carbocycles. The van der Waals surface area contributed by atoms with Crippen molar-refractivity contribution < 1.29 is 18.9 Å². The lowest BCUT2D eigenvalue weighted by molar-refractivity contribution is -0.384. The Morgan fingerprint density at radius 3 is 2.71 bits per heavy atom. The van der Waals surface area contributed by atoms with E-state index in [0.717, 1.165) is 0 Å². The third-order valence-electron chi connectivity index (χ3n) is 5.94. The molecule has 3 heterocycles. The highest BCUT2D eigenvalue weighted by molar-refractivity contribution is 7.07. The van der Waals surface area contributed by atoms with Crippen LogP contribution in [-0.2, 0) is 9.53 Å². The fraction of sp³-hybridized carbons (Fsp3) is 0.148. The number of carbonyl (C=O) groups is 1. The van der Waals surface area contributed by atoms with E-state index in [1.807, 2.05) is 0 Å². The Hall–Kier alpha value is -4.28. The first-order chi connectivity index (χ1) is 18.3. The minimum atomic E-state index is -0.748. The molecule has 0 aliphatic carbocycles. The van der Waals surface area contributed by atoms with Crippen molar-refractivity contribution in [2.45, 2.75) is 19.9 Å². The van der Waals surface area contributed by atoms with Gasteiger partial charge in [-0.05, 0) is 43.7 Å². The summed E-state index contributed by atoms with van der Waals surface area (Å²) >= 11 is 7.25. The fourth-order valence-electron chi connectivity index (χ4n) is 4.24. The summed E-state index contributed by atoms with van der Waals surface area (Å²) in [4.78, 5) is 42.2. The number of furan rings is 1. The zero-order chi connectivity index (χ0) is 27.0. The highest BCUT2D eigenvalue weighted by Gasteiger charge is 2.33. The highest BCUT2D eigenvalue weighted by atomic mass is 35.5. The number of esters is 1. The first-order valence-electron chi connectivity index (χ1n) is 11.6. The van der Waals surface area contributed by atoms with Crippen LogP contribution in [0.3, 0.4) is 0 Å². The smallest absolute Gasteiger partial charge is 0.338 e. The fourth-order valence-corrected chi connectivity index (χ4v) is 5.39. The Morgan fingerprint density at radius 2 is 2.00 bits per heavy atom. The molecule has 5 rings (SSSR count). The number of rotatable bonds is 6.